The van der Waals surface area contributed by atoms with E-state index < -0.39 is 0 Å². The quantitative estimate of drug-likeness (QED) is 0.837. The topological polar surface area (TPSA) is 37.8 Å². The molecule has 2 saturated heterocycles. The number of pyridine rings is 1. The maximum absolute atomic E-state index is 6.08. The molecule has 0 N–H and O–H groups in total. The predicted octanol–water partition coefficient (Wildman–Crippen LogP) is 2.57. The number of nitrogens with zero attached hydrogens (tertiary/aromatic N) is 3. The van der Waals surface area contributed by atoms with Gasteiger partial charge in [-0.15, -0.1) is 0 Å². The van der Waals surface area contributed by atoms with Crippen LogP contribution in [0.4, 0.5) is 5.69 Å². The van der Waals surface area contributed by atoms with E-state index >= 15 is 0 Å². The van der Waals surface area contributed by atoms with Gasteiger partial charge in [-0.3, -0.25) is 9.88 Å². The summed E-state index contributed by atoms with van der Waals surface area (Å²) in [6.45, 7) is 6.62. The molecule has 0 saturated carbocycles. The lowest BCUT2D eigenvalue weighted by Crippen LogP contribution is -2.37. The van der Waals surface area contributed by atoms with Gasteiger partial charge in [0.05, 0.1) is 13.2 Å². The van der Waals surface area contributed by atoms with E-state index in [4.69, 9.17) is 9.47 Å². The average Bonchev–Trinajstić information content (AvgIpc) is 3.10. The minimum absolute atomic E-state index is 0.262. The maximum atomic E-state index is 6.08. The molecule has 0 amide bonds. The number of benzene rings is 1. The smallest absolute Gasteiger partial charge is 0.122 e. The summed E-state index contributed by atoms with van der Waals surface area (Å²) in [6, 6.07) is 12.6. The van der Waals surface area contributed by atoms with Crippen LogP contribution in [-0.4, -0.2) is 55.4 Å². The van der Waals surface area contributed by atoms with Gasteiger partial charge in [0.15, 0.2) is 0 Å². The fourth-order valence-electron chi connectivity index (χ4n) is 3.64. The molecule has 2 aromatic rings. The molecule has 5 heteroatoms. The summed E-state index contributed by atoms with van der Waals surface area (Å²) in [5, 5.41) is 0. The van der Waals surface area contributed by atoms with Crippen LogP contribution in [0.25, 0.3) is 0 Å². The van der Waals surface area contributed by atoms with Crippen molar-refractivity contribution in [1.29, 1.82) is 0 Å². The lowest BCUT2D eigenvalue weighted by molar-refractivity contribution is 0.122. The largest absolute Gasteiger partial charge is 0.489 e. The molecule has 1 aromatic heterocycles. The van der Waals surface area contributed by atoms with Crippen molar-refractivity contribution in [3.05, 3.63) is 54.4 Å². The van der Waals surface area contributed by atoms with Crippen molar-refractivity contribution in [2.45, 2.75) is 19.1 Å². The van der Waals surface area contributed by atoms with E-state index in [1.807, 2.05) is 12.1 Å². The second-order valence-electron chi connectivity index (χ2n) is 6.67. The fourth-order valence-corrected chi connectivity index (χ4v) is 3.64. The van der Waals surface area contributed by atoms with Crippen LogP contribution in [0.2, 0.25) is 0 Å². The number of hydrogen-bond acceptors (Lipinski definition) is 5. The van der Waals surface area contributed by atoms with E-state index in [-0.39, 0.29) is 6.10 Å². The zero-order chi connectivity index (χ0) is 16.9. The van der Waals surface area contributed by atoms with Gasteiger partial charge in [0, 0.05) is 50.8 Å². The Bertz CT molecular complexity index is 674. The van der Waals surface area contributed by atoms with Crippen molar-refractivity contribution in [3.8, 4) is 5.75 Å². The van der Waals surface area contributed by atoms with Gasteiger partial charge in [-0.1, -0.05) is 18.2 Å². The SMILES string of the molecule is c1ccc(N2CCOCC2)c(CN2CC[C@H](Oc3ccncc3)C2)c1. The third kappa shape index (κ3) is 4.11. The van der Waals surface area contributed by atoms with E-state index in [1.165, 1.54) is 11.3 Å². The van der Waals surface area contributed by atoms with Crippen LogP contribution in [0.3, 0.4) is 0 Å². The Balaban J connectivity index is 1.38. The number of ether oxygens (including phenoxy) is 2. The van der Waals surface area contributed by atoms with Gasteiger partial charge in [-0.2, -0.15) is 0 Å². The van der Waals surface area contributed by atoms with Crippen molar-refractivity contribution in [3.63, 3.8) is 0 Å². The van der Waals surface area contributed by atoms with Crippen LogP contribution < -0.4 is 9.64 Å². The Kier molecular flexibility index (Phi) is 5.14. The zero-order valence-electron chi connectivity index (χ0n) is 14.5. The van der Waals surface area contributed by atoms with Crippen LogP contribution in [-0.2, 0) is 11.3 Å². The Hall–Kier alpha value is -2.11. The van der Waals surface area contributed by atoms with E-state index in [0.29, 0.717) is 0 Å². The molecule has 3 heterocycles. The second-order valence-corrected chi connectivity index (χ2v) is 6.67. The van der Waals surface area contributed by atoms with Gasteiger partial charge >= 0.3 is 0 Å². The van der Waals surface area contributed by atoms with E-state index in [0.717, 1.165) is 58.1 Å². The van der Waals surface area contributed by atoms with Gasteiger partial charge in [0.25, 0.3) is 0 Å². The number of likely N-dealkylation sites (tertiary alicyclic amines) is 1. The number of anilines is 1. The summed E-state index contributed by atoms with van der Waals surface area (Å²) in [5.74, 6) is 0.913. The summed E-state index contributed by atoms with van der Waals surface area (Å²) in [4.78, 5) is 8.98. The number of para-hydroxylation sites is 1. The lowest BCUT2D eigenvalue weighted by atomic mass is 10.1. The standard InChI is InChI=1S/C20H25N3O2/c1-2-4-20(23-11-13-24-14-12-23)17(3-1)15-22-10-7-19(16-22)25-18-5-8-21-9-6-18/h1-6,8-9,19H,7,10-16H2/t19-/m0/s1. The van der Waals surface area contributed by atoms with Gasteiger partial charge in [-0.05, 0) is 30.2 Å². The van der Waals surface area contributed by atoms with Gasteiger partial charge < -0.3 is 14.4 Å². The van der Waals surface area contributed by atoms with E-state index in [1.54, 1.807) is 12.4 Å². The minimum Gasteiger partial charge on any atom is -0.489 e. The molecule has 0 radical (unpaired) electrons. The molecule has 0 unspecified atom stereocenters. The van der Waals surface area contributed by atoms with Crippen LogP contribution in [0, 0.1) is 0 Å². The Morgan fingerprint density at radius 3 is 2.68 bits per heavy atom. The number of morpholine rings is 1. The van der Waals surface area contributed by atoms with Crippen LogP contribution in [0.1, 0.15) is 12.0 Å². The van der Waals surface area contributed by atoms with Gasteiger partial charge in [0.1, 0.15) is 11.9 Å². The van der Waals surface area contributed by atoms with Crippen LogP contribution >= 0.6 is 0 Å². The molecule has 1 atom stereocenters. The monoisotopic (exact) mass is 339 g/mol. The molecular weight excluding hydrogens is 314 g/mol. The van der Waals surface area contributed by atoms with Crippen molar-refractivity contribution in [2.75, 3.05) is 44.3 Å². The Labute approximate surface area is 149 Å². The van der Waals surface area contributed by atoms with Crippen molar-refractivity contribution in [1.82, 2.24) is 9.88 Å². The molecule has 132 valence electrons. The number of aromatic nitrogens is 1. The maximum Gasteiger partial charge on any atom is 0.122 e. The van der Waals surface area contributed by atoms with Crippen LogP contribution in [0.5, 0.6) is 5.75 Å². The van der Waals surface area contributed by atoms with Crippen LogP contribution in [0.15, 0.2) is 48.8 Å². The highest BCUT2D eigenvalue weighted by Gasteiger charge is 2.25. The minimum atomic E-state index is 0.262. The molecule has 0 spiro atoms. The zero-order valence-corrected chi connectivity index (χ0v) is 14.5. The van der Waals surface area contributed by atoms with Gasteiger partial charge in [0.2, 0.25) is 0 Å². The van der Waals surface area contributed by atoms with Crippen molar-refractivity contribution >= 4 is 5.69 Å². The van der Waals surface area contributed by atoms with Crippen molar-refractivity contribution in [2.24, 2.45) is 0 Å². The average molecular weight is 339 g/mol. The fraction of sp³-hybridized carbons (Fsp3) is 0.450. The Morgan fingerprint density at radius 1 is 1.04 bits per heavy atom. The normalized spacial score (nSPS) is 21.4. The first-order valence-electron chi connectivity index (χ1n) is 9.08. The highest BCUT2D eigenvalue weighted by molar-refractivity contribution is 5.54. The second kappa shape index (κ2) is 7.85. The molecule has 1 aromatic carbocycles. The highest BCUT2D eigenvalue weighted by Crippen LogP contribution is 2.25. The first-order chi connectivity index (χ1) is 12.4. The first-order valence-corrected chi connectivity index (χ1v) is 9.08. The molecule has 0 bridgehead atoms. The molecule has 2 aliphatic rings. The molecule has 4 rings (SSSR count). The molecule has 25 heavy (non-hydrogen) atoms. The van der Waals surface area contributed by atoms with E-state index in [9.17, 15) is 0 Å². The summed E-state index contributed by atoms with van der Waals surface area (Å²) >= 11 is 0. The Morgan fingerprint density at radius 2 is 1.84 bits per heavy atom. The highest BCUT2D eigenvalue weighted by atomic mass is 16.5. The lowest BCUT2D eigenvalue weighted by Gasteiger charge is -2.31. The van der Waals surface area contributed by atoms with E-state index in [2.05, 4.69) is 39.0 Å². The van der Waals surface area contributed by atoms with Crippen molar-refractivity contribution < 1.29 is 9.47 Å². The summed E-state index contributed by atoms with van der Waals surface area (Å²) in [6.07, 6.45) is 4.89. The third-order valence-electron chi connectivity index (χ3n) is 4.92. The predicted molar refractivity (Wildman–Crippen MR) is 98.0 cm³/mol. The first kappa shape index (κ1) is 16.4. The molecule has 2 fully saturated rings. The third-order valence-corrected chi connectivity index (χ3v) is 4.92. The molecule has 0 aliphatic carbocycles. The molecular formula is C20H25N3O2. The summed E-state index contributed by atoms with van der Waals surface area (Å²) in [7, 11) is 0. The van der Waals surface area contributed by atoms with Gasteiger partial charge in [-0.25, -0.2) is 0 Å². The summed E-state index contributed by atoms with van der Waals surface area (Å²) in [5.41, 5.74) is 2.75. The molecule has 5 nitrogen and oxygen atoms in total. The number of hydrogen-bond donors (Lipinski definition) is 0. The number of rotatable bonds is 5. The summed E-state index contributed by atoms with van der Waals surface area (Å²) < 4.78 is 11.6. The molecule has 2 aliphatic heterocycles.